The van der Waals surface area contributed by atoms with Crippen LogP contribution in [0.25, 0.3) is 10.4 Å². The molecule has 1 N–H and O–H groups in total. The molecule has 0 unspecified atom stereocenters. The summed E-state index contributed by atoms with van der Waals surface area (Å²) in [5.74, 6) is 0.381. The normalized spacial score (nSPS) is 18.3. The summed E-state index contributed by atoms with van der Waals surface area (Å²) in [6.45, 7) is 5.78. The van der Waals surface area contributed by atoms with Gasteiger partial charge in [0.25, 0.3) is 0 Å². The van der Waals surface area contributed by atoms with Gasteiger partial charge in [-0.05, 0) is 45.1 Å². The smallest absolute Gasteiger partial charge is 0.407 e. The van der Waals surface area contributed by atoms with Gasteiger partial charge in [-0.1, -0.05) is 24.4 Å². The van der Waals surface area contributed by atoms with Crippen LogP contribution in [-0.2, 0) is 4.74 Å². The molecule has 1 atom stereocenters. The zero-order valence-corrected chi connectivity index (χ0v) is 12.1. The fourth-order valence-corrected chi connectivity index (χ4v) is 2.43. The summed E-state index contributed by atoms with van der Waals surface area (Å²) in [5.41, 5.74) is 7.93. The first-order valence-electron chi connectivity index (χ1n) is 6.93. The third kappa shape index (κ3) is 6.34. The fraction of sp³-hybridized carbons (Fsp3) is 0.923. The molecule has 1 saturated carbocycles. The Morgan fingerprint density at radius 2 is 2.05 bits per heavy atom. The number of hydrogen-bond donors (Lipinski definition) is 1. The lowest BCUT2D eigenvalue weighted by Gasteiger charge is -2.30. The minimum absolute atomic E-state index is 0.119. The summed E-state index contributed by atoms with van der Waals surface area (Å²) in [6.07, 6.45) is 5.30. The zero-order valence-electron chi connectivity index (χ0n) is 12.1. The maximum absolute atomic E-state index is 11.8. The lowest BCUT2D eigenvalue weighted by molar-refractivity contribution is 0.0480. The van der Waals surface area contributed by atoms with Crippen LogP contribution in [0.5, 0.6) is 0 Å². The average Bonchev–Trinajstić information content (AvgIpc) is 2.33. The van der Waals surface area contributed by atoms with Crippen LogP contribution in [0, 0.1) is 5.92 Å². The van der Waals surface area contributed by atoms with Crippen molar-refractivity contribution < 1.29 is 9.53 Å². The van der Waals surface area contributed by atoms with Gasteiger partial charge >= 0.3 is 6.09 Å². The molecule has 1 aliphatic rings. The summed E-state index contributed by atoms with van der Waals surface area (Å²) in [6, 6.07) is -0.119. The van der Waals surface area contributed by atoms with Crippen molar-refractivity contribution in [2.75, 3.05) is 6.54 Å². The fourth-order valence-electron chi connectivity index (χ4n) is 2.43. The number of nitrogens with one attached hydrogen (secondary N) is 1. The predicted molar refractivity (Wildman–Crippen MR) is 73.7 cm³/mol. The Kier molecular flexibility index (Phi) is 5.96. The number of nitrogens with zero attached hydrogens (tertiary/aromatic N) is 3. The molecule has 0 heterocycles. The Balaban J connectivity index is 2.57. The summed E-state index contributed by atoms with van der Waals surface area (Å²) in [7, 11) is 0. The van der Waals surface area contributed by atoms with E-state index in [1.54, 1.807) is 0 Å². The van der Waals surface area contributed by atoms with Crippen molar-refractivity contribution in [3.05, 3.63) is 10.4 Å². The van der Waals surface area contributed by atoms with Gasteiger partial charge in [-0.2, -0.15) is 0 Å². The minimum Gasteiger partial charge on any atom is -0.444 e. The molecule has 6 nitrogen and oxygen atoms in total. The highest BCUT2D eigenvalue weighted by molar-refractivity contribution is 5.68. The number of amides is 1. The van der Waals surface area contributed by atoms with Crippen LogP contribution in [0.3, 0.4) is 0 Å². The molecule has 0 aromatic rings. The second-order valence-electron chi connectivity index (χ2n) is 6.06. The molecule has 0 saturated heterocycles. The zero-order chi connectivity index (χ0) is 14.3. The van der Waals surface area contributed by atoms with Gasteiger partial charge < -0.3 is 10.1 Å². The minimum atomic E-state index is -0.514. The molecule has 1 fully saturated rings. The Morgan fingerprint density at radius 3 is 2.58 bits per heavy atom. The number of azide groups is 1. The van der Waals surface area contributed by atoms with Crippen LogP contribution in [0.2, 0.25) is 0 Å². The van der Waals surface area contributed by atoms with Crippen LogP contribution >= 0.6 is 0 Å². The molecule has 108 valence electrons. The number of carbonyl (C=O) groups excluding carboxylic acids is 1. The van der Waals surface area contributed by atoms with E-state index in [1.807, 2.05) is 20.8 Å². The molecule has 1 rings (SSSR count). The number of alkyl carbamates (subject to hydrolysis) is 1. The third-order valence-electron chi connectivity index (χ3n) is 3.26. The number of rotatable bonds is 4. The van der Waals surface area contributed by atoms with E-state index in [0.717, 1.165) is 12.8 Å². The van der Waals surface area contributed by atoms with Gasteiger partial charge in [0.05, 0.1) is 0 Å². The van der Waals surface area contributed by atoms with E-state index in [0.29, 0.717) is 12.5 Å². The molecule has 1 aliphatic carbocycles. The van der Waals surface area contributed by atoms with Crippen molar-refractivity contribution in [2.24, 2.45) is 11.0 Å². The summed E-state index contributed by atoms with van der Waals surface area (Å²) in [5, 5.41) is 6.46. The van der Waals surface area contributed by atoms with Crippen molar-refractivity contribution in [3.8, 4) is 0 Å². The van der Waals surface area contributed by atoms with Gasteiger partial charge in [-0.3, -0.25) is 0 Å². The number of hydrogen-bond acceptors (Lipinski definition) is 3. The van der Waals surface area contributed by atoms with Crippen molar-refractivity contribution in [3.63, 3.8) is 0 Å². The Hall–Kier alpha value is -1.42. The van der Waals surface area contributed by atoms with Gasteiger partial charge in [0.2, 0.25) is 0 Å². The van der Waals surface area contributed by atoms with Crippen LogP contribution in [-0.4, -0.2) is 24.3 Å². The summed E-state index contributed by atoms with van der Waals surface area (Å²) in [4.78, 5) is 14.6. The second-order valence-corrected chi connectivity index (χ2v) is 6.06. The van der Waals surface area contributed by atoms with E-state index in [2.05, 4.69) is 15.3 Å². The second kappa shape index (κ2) is 7.24. The molecule has 6 heteroatoms. The van der Waals surface area contributed by atoms with E-state index in [1.165, 1.54) is 19.3 Å². The van der Waals surface area contributed by atoms with Gasteiger partial charge in [0.15, 0.2) is 0 Å². The average molecular weight is 268 g/mol. The maximum atomic E-state index is 11.8. The van der Waals surface area contributed by atoms with Crippen LogP contribution < -0.4 is 5.32 Å². The first-order valence-corrected chi connectivity index (χ1v) is 6.93. The van der Waals surface area contributed by atoms with Gasteiger partial charge in [-0.15, -0.1) is 0 Å². The van der Waals surface area contributed by atoms with E-state index in [9.17, 15) is 4.79 Å². The largest absolute Gasteiger partial charge is 0.444 e. The number of ether oxygens (including phenoxy) is 1. The van der Waals surface area contributed by atoms with Crippen molar-refractivity contribution >= 4 is 6.09 Å². The van der Waals surface area contributed by atoms with E-state index >= 15 is 0 Å². The van der Waals surface area contributed by atoms with E-state index in [4.69, 9.17) is 10.3 Å². The molecule has 19 heavy (non-hydrogen) atoms. The third-order valence-corrected chi connectivity index (χ3v) is 3.26. The molecule has 0 radical (unpaired) electrons. The predicted octanol–water partition coefficient (Wildman–Crippen LogP) is 3.77. The van der Waals surface area contributed by atoms with Crippen molar-refractivity contribution in [1.29, 1.82) is 0 Å². The maximum Gasteiger partial charge on any atom is 0.407 e. The molecule has 0 aliphatic heterocycles. The van der Waals surface area contributed by atoms with Crippen molar-refractivity contribution in [1.82, 2.24) is 5.32 Å². The molecular formula is C13H24N4O2. The Morgan fingerprint density at radius 1 is 1.42 bits per heavy atom. The SMILES string of the molecule is CC(C)(C)OC(=O)N[C@H](CN=[N+]=[N-])C1CCCCC1. The lowest BCUT2D eigenvalue weighted by Crippen LogP contribution is -2.45. The van der Waals surface area contributed by atoms with Gasteiger partial charge in [0.1, 0.15) is 5.60 Å². The molecule has 0 bridgehead atoms. The standard InChI is InChI=1S/C13H24N4O2/c1-13(2,3)19-12(18)16-11(9-15-17-14)10-7-5-4-6-8-10/h10-11H,4-9H2,1-3H3,(H,16,18)/t11-/m1/s1. The van der Waals surface area contributed by atoms with Crippen LogP contribution in [0.4, 0.5) is 4.79 Å². The quantitative estimate of drug-likeness (QED) is 0.478. The number of carbonyl (C=O) groups is 1. The van der Waals surface area contributed by atoms with E-state index < -0.39 is 11.7 Å². The topological polar surface area (TPSA) is 87.1 Å². The Labute approximate surface area is 114 Å². The highest BCUT2D eigenvalue weighted by Crippen LogP contribution is 2.27. The lowest BCUT2D eigenvalue weighted by atomic mass is 9.84. The van der Waals surface area contributed by atoms with Gasteiger partial charge in [0, 0.05) is 17.5 Å². The van der Waals surface area contributed by atoms with Crippen LogP contribution in [0.1, 0.15) is 52.9 Å². The molecule has 1 amide bonds. The van der Waals surface area contributed by atoms with Crippen LogP contribution in [0.15, 0.2) is 5.11 Å². The first kappa shape index (κ1) is 15.6. The molecule has 0 aromatic carbocycles. The Bertz CT molecular complexity index is 339. The highest BCUT2D eigenvalue weighted by Gasteiger charge is 2.26. The highest BCUT2D eigenvalue weighted by atomic mass is 16.6. The van der Waals surface area contributed by atoms with Crippen molar-refractivity contribution in [2.45, 2.75) is 64.5 Å². The van der Waals surface area contributed by atoms with E-state index in [-0.39, 0.29) is 6.04 Å². The first-order chi connectivity index (χ1) is 8.92. The molecule has 0 aromatic heterocycles. The monoisotopic (exact) mass is 268 g/mol. The van der Waals surface area contributed by atoms with Gasteiger partial charge in [-0.25, -0.2) is 4.79 Å². The molecular weight excluding hydrogens is 244 g/mol. The molecule has 0 spiro atoms. The summed E-state index contributed by atoms with van der Waals surface area (Å²) >= 11 is 0. The summed E-state index contributed by atoms with van der Waals surface area (Å²) < 4.78 is 5.25.